The number of amides is 2. The number of carbonyl (C=O) groups is 4. The molecule has 0 spiro atoms. The Kier molecular flexibility index (Phi) is 43.8. The van der Waals surface area contributed by atoms with Crippen LogP contribution in [0.3, 0.4) is 0 Å². The first-order valence-electron chi connectivity index (χ1n) is 30.1. The maximum absolute atomic E-state index is 14.0. The fourth-order valence-corrected chi connectivity index (χ4v) is 10.1. The summed E-state index contributed by atoms with van der Waals surface area (Å²) in [6.07, 6.45) is 50.5. The summed E-state index contributed by atoms with van der Waals surface area (Å²) in [6.45, 7) is 12.3. The Morgan fingerprint density at radius 3 is 0.743 bits per heavy atom. The van der Waals surface area contributed by atoms with Crippen LogP contribution in [0.2, 0.25) is 0 Å². The van der Waals surface area contributed by atoms with Gasteiger partial charge < -0.3 is 19.3 Å². The predicted molar refractivity (Wildman–Crippen MR) is 299 cm³/mol. The lowest BCUT2D eigenvalue weighted by molar-refractivity contribution is -0.145. The van der Waals surface area contributed by atoms with Crippen molar-refractivity contribution in [3.8, 4) is 0 Å². The minimum atomic E-state index is -0.467. The third-order valence-electron chi connectivity index (χ3n) is 14.6. The van der Waals surface area contributed by atoms with E-state index in [0.717, 1.165) is 62.7 Å². The lowest BCUT2D eigenvalue weighted by Crippen LogP contribution is -2.39. The van der Waals surface area contributed by atoms with Gasteiger partial charge in [-0.3, -0.25) is 19.2 Å². The Morgan fingerprint density at radius 1 is 0.343 bits per heavy atom. The molecule has 0 fully saturated rings. The average Bonchev–Trinajstić information content (AvgIpc) is 3.35. The molecule has 0 saturated heterocycles. The molecule has 0 bridgehead atoms. The van der Waals surface area contributed by atoms with Gasteiger partial charge >= 0.3 is 11.9 Å². The molecule has 0 radical (unpaired) electrons. The zero-order chi connectivity index (χ0) is 51.1. The third-order valence-corrected chi connectivity index (χ3v) is 14.6. The van der Waals surface area contributed by atoms with Crippen LogP contribution < -0.4 is 9.80 Å². The van der Waals surface area contributed by atoms with Gasteiger partial charge in [-0.05, 0) is 61.8 Å². The van der Waals surface area contributed by atoms with E-state index in [1.54, 1.807) is 0 Å². The highest BCUT2D eigenvalue weighted by Gasteiger charge is 2.25. The molecule has 0 aliphatic carbocycles. The molecule has 0 aromatic heterocycles. The number of benzene rings is 1. The number of anilines is 2. The van der Waals surface area contributed by atoms with Crippen LogP contribution in [0, 0.1) is 11.8 Å². The predicted octanol–water partition coefficient (Wildman–Crippen LogP) is 18.4. The second kappa shape index (κ2) is 47.1. The van der Waals surface area contributed by atoms with Crippen LogP contribution in [0.5, 0.6) is 0 Å². The Bertz CT molecular complexity index is 1280. The molecule has 0 N–H and O–H groups in total. The highest BCUT2D eigenvalue weighted by atomic mass is 16.5. The summed E-state index contributed by atoms with van der Waals surface area (Å²) < 4.78 is 10.6. The van der Waals surface area contributed by atoms with E-state index >= 15 is 0 Å². The number of hydrogen-bond acceptors (Lipinski definition) is 6. The van der Waals surface area contributed by atoms with Crippen LogP contribution in [0.1, 0.15) is 298 Å². The summed E-state index contributed by atoms with van der Waals surface area (Å²) in [4.78, 5) is 55.6. The van der Waals surface area contributed by atoms with Crippen molar-refractivity contribution < 1.29 is 28.7 Å². The van der Waals surface area contributed by atoms with Crippen molar-refractivity contribution in [3.05, 3.63) is 24.3 Å². The van der Waals surface area contributed by atoms with Crippen LogP contribution in [0.25, 0.3) is 0 Å². The van der Waals surface area contributed by atoms with E-state index in [-0.39, 0.29) is 25.0 Å². The first-order chi connectivity index (χ1) is 34.2. The molecule has 1 aromatic carbocycles. The van der Waals surface area contributed by atoms with E-state index in [0.29, 0.717) is 24.9 Å². The van der Waals surface area contributed by atoms with Crippen LogP contribution in [-0.4, -0.2) is 50.1 Å². The molecule has 1 aromatic rings. The number of esters is 2. The van der Waals surface area contributed by atoms with Crippen molar-refractivity contribution in [1.29, 1.82) is 0 Å². The smallest absolute Gasteiger partial charge is 0.303 e. The fourth-order valence-electron chi connectivity index (χ4n) is 10.1. The molecule has 2 unspecified atom stereocenters. The maximum atomic E-state index is 14.0. The van der Waals surface area contributed by atoms with Crippen molar-refractivity contribution in [1.82, 2.24) is 0 Å². The molecule has 0 aliphatic rings. The second-order valence-corrected chi connectivity index (χ2v) is 21.3. The normalized spacial score (nSPS) is 12.2. The van der Waals surface area contributed by atoms with Crippen LogP contribution in [0.4, 0.5) is 11.4 Å². The van der Waals surface area contributed by atoms with E-state index in [4.69, 9.17) is 9.47 Å². The summed E-state index contributed by atoms with van der Waals surface area (Å²) in [5.74, 6) is -0.718. The first-order valence-corrected chi connectivity index (χ1v) is 30.1. The first kappa shape index (κ1) is 65.1. The van der Waals surface area contributed by atoms with Crippen LogP contribution in [0.15, 0.2) is 24.3 Å². The second-order valence-electron chi connectivity index (χ2n) is 21.3. The minimum Gasteiger partial charge on any atom is -0.456 e. The van der Waals surface area contributed by atoms with Gasteiger partial charge in [0.15, 0.2) is 13.2 Å². The number of nitrogens with zero attached hydrogens (tertiary/aromatic N) is 2. The summed E-state index contributed by atoms with van der Waals surface area (Å²) >= 11 is 0. The van der Waals surface area contributed by atoms with Gasteiger partial charge in [0.2, 0.25) is 0 Å². The molecule has 70 heavy (non-hydrogen) atoms. The zero-order valence-corrected chi connectivity index (χ0v) is 46.9. The zero-order valence-electron chi connectivity index (χ0n) is 46.9. The number of carbonyl (C=O) groups excluding carboxylic acids is 4. The van der Waals surface area contributed by atoms with E-state index in [9.17, 15) is 19.2 Å². The lowest BCUT2D eigenvalue weighted by Gasteiger charge is -2.30. The fraction of sp³-hybridized carbons (Fsp3) is 0.839. The number of ether oxygens (including phenoxy) is 2. The largest absolute Gasteiger partial charge is 0.456 e. The molecule has 406 valence electrons. The molecule has 8 heteroatoms. The van der Waals surface area contributed by atoms with E-state index in [1.165, 1.54) is 219 Å². The summed E-state index contributed by atoms with van der Waals surface area (Å²) in [6, 6.07) is 7.82. The Morgan fingerprint density at radius 2 is 0.543 bits per heavy atom. The Balaban J connectivity index is 3.30. The molecular formula is C62H112N2O6. The summed E-state index contributed by atoms with van der Waals surface area (Å²) in [5, 5.41) is 0. The minimum absolute atomic E-state index is 0.225. The number of hydrogen-bond donors (Lipinski definition) is 0. The monoisotopic (exact) mass is 981 g/mol. The highest BCUT2D eigenvalue weighted by Crippen LogP contribution is 2.29. The van der Waals surface area contributed by atoms with E-state index < -0.39 is 11.9 Å². The van der Waals surface area contributed by atoms with Gasteiger partial charge in [-0.15, -0.1) is 0 Å². The SMILES string of the molecule is CCCCCCCCCCCCC(CCCCCCCCCC)CN(C(=O)COC(C)=O)c1ccc(N(CC(CCCCCCCCCC)CCCCCCCCCCCC)C(=O)COC(C)=O)cc1. The van der Waals surface area contributed by atoms with Crippen molar-refractivity contribution in [2.24, 2.45) is 11.8 Å². The highest BCUT2D eigenvalue weighted by molar-refractivity contribution is 5.97. The maximum Gasteiger partial charge on any atom is 0.303 e. The van der Waals surface area contributed by atoms with Crippen LogP contribution >= 0.6 is 0 Å². The Labute approximate surface area is 432 Å². The molecule has 8 nitrogen and oxygen atoms in total. The molecule has 0 heterocycles. The summed E-state index contributed by atoms with van der Waals surface area (Å²) in [5.41, 5.74) is 1.50. The molecule has 2 amide bonds. The van der Waals surface area contributed by atoms with E-state index in [1.807, 2.05) is 34.1 Å². The van der Waals surface area contributed by atoms with Crippen molar-refractivity contribution in [3.63, 3.8) is 0 Å². The van der Waals surface area contributed by atoms with Gasteiger partial charge in [0, 0.05) is 38.3 Å². The van der Waals surface area contributed by atoms with Crippen molar-refractivity contribution in [2.75, 3.05) is 36.1 Å². The van der Waals surface area contributed by atoms with Crippen molar-refractivity contribution in [2.45, 2.75) is 298 Å². The number of rotatable bonds is 50. The average molecular weight is 982 g/mol. The lowest BCUT2D eigenvalue weighted by atomic mass is 9.93. The summed E-state index contributed by atoms with van der Waals surface area (Å²) in [7, 11) is 0. The van der Waals surface area contributed by atoms with Gasteiger partial charge in [-0.1, -0.05) is 259 Å². The van der Waals surface area contributed by atoms with Gasteiger partial charge in [0.1, 0.15) is 0 Å². The third kappa shape index (κ3) is 36.9. The van der Waals surface area contributed by atoms with Gasteiger partial charge in [-0.2, -0.15) is 0 Å². The van der Waals surface area contributed by atoms with E-state index in [2.05, 4.69) is 27.7 Å². The molecule has 0 aliphatic heterocycles. The topological polar surface area (TPSA) is 93.2 Å². The van der Waals surface area contributed by atoms with Gasteiger partial charge in [0.05, 0.1) is 0 Å². The standard InChI is InChI=1S/C62H112N2O6/c1-7-11-15-19-23-27-29-33-37-41-45-57(43-39-35-31-25-21-17-13-9-3)51-63(61(67)53-69-55(5)65)59-47-49-60(50-48-59)64(62(68)54-70-56(6)66)52-58(44-40-36-32-26-22-18-14-10-4)46-42-38-34-30-28-24-20-16-12-8-2/h47-50,57-58H,7-46,51-54H2,1-6H3. The molecule has 1 rings (SSSR count). The van der Waals surface area contributed by atoms with Gasteiger partial charge in [0.25, 0.3) is 11.8 Å². The molecule has 2 atom stereocenters. The van der Waals surface area contributed by atoms with Gasteiger partial charge in [-0.25, -0.2) is 0 Å². The van der Waals surface area contributed by atoms with Crippen molar-refractivity contribution >= 4 is 35.1 Å². The van der Waals surface area contributed by atoms with Crippen LogP contribution in [-0.2, 0) is 28.7 Å². The Hall–Kier alpha value is -2.90. The molecule has 0 saturated carbocycles. The number of unbranched alkanes of at least 4 members (excludes halogenated alkanes) is 32. The quantitative estimate of drug-likeness (QED) is 0.0477. The molecular weight excluding hydrogens is 869 g/mol.